The molecule has 0 radical (unpaired) electrons. The highest BCUT2D eigenvalue weighted by Crippen LogP contribution is 2.28. The van der Waals surface area contributed by atoms with E-state index in [4.69, 9.17) is 0 Å². The van der Waals surface area contributed by atoms with Gasteiger partial charge in [-0.2, -0.15) is 0 Å². The molecule has 0 fully saturated rings. The van der Waals surface area contributed by atoms with Crippen molar-refractivity contribution < 1.29 is 0 Å². The fourth-order valence-electron chi connectivity index (χ4n) is 0.956. The third-order valence-electron chi connectivity index (χ3n) is 1.63. The summed E-state index contributed by atoms with van der Waals surface area (Å²) in [5.41, 5.74) is -0.179. The van der Waals surface area contributed by atoms with Gasteiger partial charge in [-0.25, -0.2) is 4.98 Å². The summed E-state index contributed by atoms with van der Waals surface area (Å²) in [7, 11) is 0. The van der Waals surface area contributed by atoms with E-state index in [1.165, 1.54) is 18.1 Å². The molecule has 1 N–H and O–H groups in total. The number of rotatable bonds is 2. The van der Waals surface area contributed by atoms with Crippen LogP contribution in [0.5, 0.6) is 0 Å². The summed E-state index contributed by atoms with van der Waals surface area (Å²) in [6, 6.07) is 3.72. The lowest BCUT2D eigenvalue weighted by Gasteiger charge is -2.00. The molecule has 4 nitrogen and oxygen atoms in total. The van der Waals surface area contributed by atoms with Crippen LogP contribution in [0.25, 0.3) is 0 Å². The second-order valence-corrected chi connectivity index (χ2v) is 4.49. The predicted molar refractivity (Wildman–Crippen MR) is 60.9 cm³/mol. The van der Waals surface area contributed by atoms with Crippen LogP contribution < -0.4 is 5.56 Å². The first kappa shape index (κ1) is 10.4. The zero-order valence-corrected chi connectivity index (χ0v) is 9.88. The van der Waals surface area contributed by atoms with Gasteiger partial charge < -0.3 is 4.98 Å². The van der Waals surface area contributed by atoms with Crippen LogP contribution in [0.2, 0.25) is 0 Å². The Morgan fingerprint density at radius 3 is 2.80 bits per heavy atom. The average Bonchev–Trinajstić information content (AvgIpc) is 2.26. The SMILES string of the molecule is O=c1[nH]cnc(Sc2ccncc2)c1Br. The van der Waals surface area contributed by atoms with E-state index in [1.54, 1.807) is 12.4 Å². The molecular weight excluding hydrogens is 278 g/mol. The van der Waals surface area contributed by atoms with Gasteiger partial charge in [0.1, 0.15) is 9.50 Å². The first-order valence-corrected chi connectivity index (χ1v) is 5.69. The molecule has 0 amide bonds. The minimum absolute atomic E-state index is 0.179. The number of H-pyrrole nitrogens is 1. The van der Waals surface area contributed by atoms with E-state index in [9.17, 15) is 4.79 Å². The third-order valence-corrected chi connectivity index (χ3v) is 3.64. The standard InChI is InChI=1S/C9H6BrN3OS/c10-7-8(14)12-5-13-9(7)15-6-1-3-11-4-2-6/h1-5H,(H,12,13,14). The number of nitrogens with zero attached hydrogens (tertiary/aromatic N) is 2. The molecule has 0 atom stereocenters. The second kappa shape index (κ2) is 4.59. The maximum Gasteiger partial charge on any atom is 0.266 e. The van der Waals surface area contributed by atoms with Crippen LogP contribution in [0.4, 0.5) is 0 Å². The highest BCUT2D eigenvalue weighted by atomic mass is 79.9. The van der Waals surface area contributed by atoms with Crippen LogP contribution in [0.1, 0.15) is 0 Å². The molecule has 0 aliphatic rings. The van der Waals surface area contributed by atoms with Gasteiger partial charge in [0.2, 0.25) is 0 Å². The topological polar surface area (TPSA) is 58.6 Å². The van der Waals surface area contributed by atoms with Gasteiger partial charge in [0.15, 0.2) is 0 Å². The summed E-state index contributed by atoms with van der Waals surface area (Å²) < 4.78 is 0.451. The summed E-state index contributed by atoms with van der Waals surface area (Å²) in [6.45, 7) is 0. The second-order valence-electron chi connectivity index (χ2n) is 2.64. The van der Waals surface area contributed by atoms with Gasteiger partial charge >= 0.3 is 0 Å². The maximum atomic E-state index is 11.3. The van der Waals surface area contributed by atoms with Crippen LogP contribution in [0, 0.1) is 0 Å². The molecule has 2 heterocycles. The Balaban J connectivity index is 2.33. The molecule has 76 valence electrons. The van der Waals surface area contributed by atoms with Crippen molar-refractivity contribution in [1.82, 2.24) is 15.0 Å². The quantitative estimate of drug-likeness (QED) is 0.858. The van der Waals surface area contributed by atoms with E-state index < -0.39 is 0 Å². The van der Waals surface area contributed by atoms with Crippen LogP contribution in [-0.2, 0) is 0 Å². The number of hydrogen-bond donors (Lipinski definition) is 1. The molecular formula is C9H6BrN3OS. The van der Waals surface area contributed by atoms with Gasteiger partial charge in [-0.1, -0.05) is 11.8 Å². The Kier molecular flexibility index (Phi) is 3.17. The predicted octanol–water partition coefficient (Wildman–Crippen LogP) is 2.08. The lowest BCUT2D eigenvalue weighted by molar-refractivity contribution is 0.990. The van der Waals surface area contributed by atoms with Crippen molar-refractivity contribution in [3.8, 4) is 0 Å². The number of hydrogen-bond acceptors (Lipinski definition) is 4. The van der Waals surface area contributed by atoms with Crippen molar-refractivity contribution >= 4 is 27.7 Å². The molecule has 0 aliphatic heterocycles. The summed E-state index contributed by atoms with van der Waals surface area (Å²) in [6.07, 6.45) is 4.78. The minimum atomic E-state index is -0.179. The Morgan fingerprint density at radius 2 is 2.07 bits per heavy atom. The van der Waals surface area contributed by atoms with E-state index in [0.29, 0.717) is 9.50 Å². The Morgan fingerprint density at radius 1 is 1.33 bits per heavy atom. The fraction of sp³-hybridized carbons (Fsp3) is 0. The van der Waals surface area contributed by atoms with Gasteiger partial charge in [0, 0.05) is 17.3 Å². The van der Waals surface area contributed by atoms with Crippen molar-refractivity contribution in [1.29, 1.82) is 0 Å². The van der Waals surface area contributed by atoms with Gasteiger partial charge in [-0.15, -0.1) is 0 Å². The summed E-state index contributed by atoms with van der Waals surface area (Å²) in [5, 5.41) is 0.643. The first-order chi connectivity index (χ1) is 7.27. The Labute approximate surface area is 98.3 Å². The summed E-state index contributed by atoms with van der Waals surface area (Å²) in [5.74, 6) is 0. The van der Waals surface area contributed by atoms with E-state index >= 15 is 0 Å². The van der Waals surface area contributed by atoms with Crippen LogP contribution in [0.15, 0.2) is 50.0 Å². The van der Waals surface area contributed by atoms with E-state index in [2.05, 4.69) is 30.9 Å². The molecule has 0 aliphatic carbocycles. The molecule has 2 aromatic heterocycles. The molecule has 0 saturated carbocycles. The molecule has 0 bridgehead atoms. The third kappa shape index (κ3) is 2.45. The van der Waals surface area contributed by atoms with Crippen molar-refractivity contribution in [3.63, 3.8) is 0 Å². The van der Waals surface area contributed by atoms with Gasteiger partial charge in [-0.05, 0) is 28.1 Å². The maximum absolute atomic E-state index is 11.3. The first-order valence-electron chi connectivity index (χ1n) is 4.08. The zero-order chi connectivity index (χ0) is 10.7. The zero-order valence-electron chi connectivity index (χ0n) is 7.48. The largest absolute Gasteiger partial charge is 0.312 e. The molecule has 15 heavy (non-hydrogen) atoms. The van der Waals surface area contributed by atoms with Crippen molar-refractivity contribution in [2.45, 2.75) is 9.92 Å². The number of aromatic nitrogens is 3. The fourth-order valence-corrected chi connectivity index (χ4v) is 2.18. The molecule has 0 unspecified atom stereocenters. The average molecular weight is 284 g/mol. The normalized spacial score (nSPS) is 10.2. The number of pyridine rings is 1. The number of aromatic amines is 1. The van der Waals surface area contributed by atoms with Crippen molar-refractivity contribution in [3.05, 3.63) is 45.7 Å². The molecule has 6 heteroatoms. The molecule has 0 aromatic carbocycles. The van der Waals surface area contributed by atoms with Crippen LogP contribution in [0.3, 0.4) is 0 Å². The Hall–Kier alpha value is -1.14. The van der Waals surface area contributed by atoms with Gasteiger partial charge in [-0.3, -0.25) is 9.78 Å². The highest BCUT2D eigenvalue weighted by Gasteiger charge is 2.06. The molecule has 0 saturated heterocycles. The molecule has 2 rings (SSSR count). The number of halogens is 1. The molecule has 0 spiro atoms. The number of nitrogens with one attached hydrogen (secondary N) is 1. The van der Waals surface area contributed by atoms with E-state index in [1.807, 2.05) is 12.1 Å². The van der Waals surface area contributed by atoms with Gasteiger partial charge in [0.05, 0.1) is 6.33 Å². The van der Waals surface area contributed by atoms with Gasteiger partial charge in [0.25, 0.3) is 5.56 Å². The lowest BCUT2D eigenvalue weighted by Crippen LogP contribution is -2.07. The van der Waals surface area contributed by atoms with E-state index in [-0.39, 0.29) is 5.56 Å². The monoisotopic (exact) mass is 283 g/mol. The minimum Gasteiger partial charge on any atom is -0.312 e. The summed E-state index contributed by atoms with van der Waals surface area (Å²) >= 11 is 4.61. The highest BCUT2D eigenvalue weighted by molar-refractivity contribution is 9.10. The van der Waals surface area contributed by atoms with Crippen LogP contribution >= 0.6 is 27.7 Å². The van der Waals surface area contributed by atoms with E-state index in [0.717, 1.165) is 4.90 Å². The van der Waals surface area contributed by atoms with Crippen LogP contribution in [-0.4, -0.2) is 15.0 Å². The Bertz CT molecular complexity index is 514. The smallest absolute Gasteiger partial charge is 0.266 e. The van der Waals surface area contributed by atoms with Crippen molar-refractivity contribution in [2.24, 2.45) is 0 Å². The molecule has 2 aromatic rings. The summed E-state index contributed by atoms with van der Waals surface area (Å²) in [4.78, 5) is 22.7. The lowest BCUT2D eigenvalue weighted by atomic mass is 10.5. The van der Waals surface area contributed by atoms with Crippen molar-refractivity contribution in [2.75, 3.05) is 0 Å².